The molecule has 2 aromatic carbocycles. The highest BCUT2D eigenvalue weighted by Crippen LogP contribution is 2.33. The number of carbonyl (C=O) groups is 1. The van der Waals surface area contributed by atoms with Crippen LogP contribution in [0.3, 0.4) is 0 Å². The second kappa shape index (κ2) is 9.16. The van der Waals surface area contributed by atoms with E-state index in [0.29, 0.717) is 44.3 Å². The van der Waals surface area contributed by atoms with E-state index >= 15 is 0 Å². The maximum absolute atomic E-state index is 13.1. The highest BCUT2D eigenvalue weighted by atomic mass is 32.2. The number of benzene rings is 2. The number of carbonyl (C=O) groups excluding carboxylic acids is 1. The average molecular weight is 489 g/mol. The summed E-state index contributed by atoms with van der Waals surface area (Å²) >= 11 is 1.55. The second-order valence-electron chi connectivity index (χ2n) is 7.78. The molecule has 1 aromatic heterocycles. The van der Waals surface area contributed by atoms with Crippen molar-refractivity contribution in [3.8, 4) is 11.5 Å². The quantitative estimate of drug-likeness (QED) is 0.606. The Labute approximate surface area is 196 Å². The van der Waals surface area contributed by atoms with Crippen molar-refractivity contribution in [1.82, 2.24) is 19.5 Å². The Morgan fingerprint density at radius 1 is 1.03 bits per heavy atom. The number of thiazole rings is 1. The zero-order chi connectivity index (χ0) is 22.8. The Hall–Kier alpha value is -2.89. The molecule has 9 nitrogen and oxygen atoms in total. The van der Waals surface area contributed by atoms with Gasteiger partial charge in [-0.2, -0.15) is 4.31 Å². The third-order valence-corrected chi connectivity index (χ3v) is 8.54. The molecule has 0 unspecified atom stereocenters. The molecule has 0 aliphatic carbocycles. The summed E-state index contributed by atoms with van der Waals surface area (Å²) in [6.07, 6.45) is 0.750. The highest BCUT2D eigenvalue weighted by molar-refractivity contribution is 7.89. The largest absolute Gasteiger partial charge is 0.490 e. The topological polar surface area (TPSA) is 101 Å². The summed E-state index contributed by atoms with van der Waals surface area (Å²) in [4.78, 5) is 18.9. The van der Waals surface area contributed by atoms with Gasteiger partial charge in [0.25, 0.3) is 0 Å². The maximum Gasteiger partial charge on any atom is 0.317 e. The van der Waals surface area contributed by atoms with Gasteiger partial charge < -0.3 is 19.7 Å². The lowest BCUT2D eigenvalue weighted by atomic mass is 10.3. The smallest absolute Gasteiger partial charge is 0.317 e. The molecule has 0 saturated carbocycles. The van der Waals surface area contributed by atoms with Crippen molar-refractivity contribution >= 4 is 37.6 Å². The third kappa shape index (κ3) is 4.61. The molecule has 1 fully saturated rings. The van der Waals surface area contributed by atoms with Crippen molar-refractivity contribution in [2.45, 2.75) is 17.9 Å². The molecule has 0 bridgehead atoms. The zero-order valence-electron chi connectivity index (χ0n) is 17.9. The Bertz CT molecular complexity index is 1240. The zero-order valence-corrected chi connectivity index (χ0v) is 19.5. The van der Waals surface area contributed by atoms with E-state index in [1.807, 2.05) is 24.3 Å². The van der Waals surface area contributed by atoms with Gasteiger partial charge in [0.2, 0.25) is 10.0 Å². The molecule has 33 heavy (non-hydrogen) atoms. The van der Waals surface area contributed by atoms with Crippen LogP contribution in [0.5, 0.6) is 11.5 Å². The normalized spacial score (nSPS) is 17.0. The Morgan fingerprint density at radius 2 is 1.79 bits per heavy atom. The van der Waals surface area contributed by atoms with E-state index in [0.717, 1.165) is 21.6 Å². The van der Waals surface area contributed by atoms with Crippen molar-refractivity contribution in [2.75, 3.05) is 39.4 Å². The number of hydrogen-bond acceptors (Lipinski definition) is 7. The van der Waals surface area contributed by atoms with Crippen LogP contribution >= 0.6 is 11.3 Å². The number of amides is 2. The molecule has 3 aromatic rings. The number of piperazine rings is 1. The third-order valence-electron chi connectivity index (χ3n) is 5.61. The van der Waals surface area contributed by atoms with Gasteiger partial charge in [0.1, 0.15) is 5.01 Å². The van der Waals surface area contributed by atoms with Crippen LogP contribution in [-0.4, -0.2) is 68.0 Å². The minimum Gasteiger partial charge on any atom is -0.490 e. The number of aromatic nitrogens is 1. The van der Waals surface area contributed by atoms with Gasteiger partial charge in [-0.3, -0.25) is 0 Å². The number of nitrogens with zero attached hydrogens (tertiary/aromatic N) is 3. The van der Waals surface area contributed by atoms with Crippen molar-refractivity contribution < 1.29 is 22.7 Å². The lowest BCUT2D eigenvalue weighted by molar-refractivity contribution is 0.172. The first-order valence-corrected chi connectivity index (χ1v) is 13.0. The summed E-state index contributed by atoms with van der Waals surface area (Å²) in [7, 11) is -3.70. The molecule has 1 N–H and O–H groups in total. The van der Waals surface area contributed by atoms with Crippen LogP contribution in [0.15, 0.2) is 47.4 Å². The molecule has 174 valence electrons. The van der Waals surface area contributed by atoms with Crippen LogP contribution in [0.2, 0.25) is 0 Å². The Morgan fingerprint density at radius 3 is 2.58 bits per heavy atom. The first kappa shape index (κ1) is 21.9. The number of hydrogen-bond donors (Lipinski definition) is 1. The summed E-state index contributed by atoms with van der Waals surface area (Å²) < 4.78 is 40.0. The lowest BCUT2D eigenvalue weighted by Gasteiger charge is -2.34. The molecular weight excluding hydrogens is 464 g/mol. The van der Waals surface area contributed by atoms with E-state index in [-0.39, 0.29) is 24.0 Å². The van der Waals surface area contributed by atoms with Gasteiger partial charge in [0.05, 0.1) is 34.9 Å². The standard InChI is InChI=1S/C22H24N4O5S2/c27-22(23-15-21-24-17-4-1-2-5-20(17)32-21)25-8-10-26(11-9-25)33(28,29)16-6-7-18-19(14-16)31-13-3-12-30-18/h1-2,4-7,14H,3,8-13,15H2,(H,23,27). The van der Waals surface area contributed by atoms with Gasteiger partial charge in [0, 0.05) is 38.7 Å². The fraction of sp³-hybridized carbons (Fsp3) is 0.364. The van der Waals surface area contributed by atoms with Gasteiger partial charge in [-0.15, -0.1) is 11.3 Å². The van der Waals surface area contributed by atoms with Crippen LogP contribution in [0, 0.1) is 0 Å². The fourth-order valence-electron chi connectivity index (χ4n) is 3.84. The molecule has 0 atom stereocenters. The molecule has 3 heterocycles. The van der Waals surface area contributed by atoms with E-state index in [1.165, 1.54) is 10.4 Å². The van der Waals surface area contributed by atoms with Crippen LogP contribution in [0.25, 0.3) is 10.2 Å². The molecule has 11 heteroatoms. The van der Waals surface area contributed by atoms with Crippen LogP contribution in [0.1, 0.15) is 11.4 Å². The van der Waals surface area contributed by atoms with Crippen molar-refractivity contribution in [2.24, 2.45) is 0 Å². The summed E-state index contributed by atoms with van der Waals surface area (Å²) in [6, 6.07) is 12.3. The van der Waals surface area contributed by atoms with E-state index in [2.05, 4.69) is 10.3 Å². The predicted octanol–water partition coefficient (Wildman–Crippen LogP) is 2.67. The number of rotatable bonds is 4. The molecular formula is C22H24N4O5S2. The van der Waals surface area contributed by atoms with Crippen LogP contribution in [-0.2, 0) is 16.6 Å². The SMILES string of the molecule is O=C(NCc1nc2ccccc2s1)N1CCN(S(=O)(=O)c2ccc3c(c2)OCCCO3)CC1. The van der Waals surface area contributed by atoms with Gasteiger partial charge >= 0.3 is 6.03 Å². The number of urea groups is 1. The molecule has 5 rings (SSSR count). The molecule has 0 spiro atoms. The van der Waals surface area contributed by atoms with Gasteiger partial charge in [-0.25, -0.2) is 18.2 Å². The molecule has 2 aliphatic rings. The second-order valence-corrected chi connectivity index (χ2v) is 10.8. The average Bonchev–Trinajstić information content (AvgIpc) is 3.11. The summed E-state index contributed by atoms with van der Waals surface area (Å²) in [6.45, 7) is 2.46. The summed E-state index contributed by atoms with van der Waals surface area (Å²) in [5.74, 6) is 1.00. The number of para-hydroxylation sites is 1. The van der Waals surface area contributed by atoms with Gasteiger partial charge in [-0.05, 0) is 24.3 Å². The first-order chi connectivity index (χ1) is 16.0. The molecule has 0 radical (unpaired) electrons. The summed E-state index contributed by atoms with van der Waals surface area (Å²) in [5, 5.41) is 3.72. The highest BCUT2D eigenvalue weighted by Gasteiger charge is 2.31. The van der Waals surface area contributed by atoms with Crippen LogP contribution in [0.4, 0.5) is 4.79 Å². The lowest BCUT2D eigenvalue weighted by Crippen LogP contribution is -2.52. The van der Waals surface area contributed by atoms with E-state index in [4.69, 9.17) is 9.47 Å². The number of fused-ring (bicyclic) bond motifs is 2. The minimum absolute atomic E-state index is 0.167. The maximum atomic E-state index is 13.1. The fourth-order valence-corrected chi connectivity index (χ4v) is 6.19. The minimum atomic E-state index is -3.70. The van der Waals surface area contributed by atoms with E-state index in [9.17, 15) is 13.2 Å². The van der Waals surface area contributed by atoms with Crippen molar-refractivity contribution in [3.05, 3.63) is 47.5 Å². The molecule has 1 saturated heterocycles. The van der Waals surface area contributed by atoms with E-state index in [1.54, 1.807) is 28.4 Å². The van der Waals surface area contributed by atoms with Crippen molar-refractivity contribution in [3.63, 3.8) is 0 Å². The monoisotopic (exact) mass is 488 g/mol. The Balaban J connectivity index is 1.18. The van der Waals surface area contributed by atoms with Gasteiger partial charge in [-0.1, -0.05) is 12.1 Å². The first-order valence-electron chi connectivity index (χ1n) is 10.8. The predicted molar refractivity (Wildman–Crippen MR) is 124 cm³/mol. The molecule has 2 aliphatic heterocycles. The summed E-state index contributed by atoms with van der Waals surface area (Å²) in [5.41, 5.74) is 0.917. The number of ether oxygens (including phenoxy) is 2. The van der Waals surface area contributed by atoms with Crippen molar-refractivity contribution in [1.29, 1.82) is 0 Å². The number of nitrogens with one attached hydrogen (secondary N) is 1. The molecule has 2 amide bonds. The number of sulfonamides is 1. The van der Waals surface area contributed by atoms with Gasteiger partial charge in [0.15, 0.2) is 11.5 Å². The van der Waals surface area contributed by atoms with Crippen LogP contribution < -0.4 is 14.8 Å². The van der Waals surface area contributed by atoms with E-state index < -0.39 is 10.0 Å². The Kier molecular flexibility index (Phi) is 6.09.